The predicted molar refractivity (Wildman–Crippen MR) is 87.6 cm³/mol. The molecule has 126 valence electrons. The molecule has 0 radical (unpaired) electrons. The van der Waals surface area contributed by atoms with E-state index in [0.717, 1.165) is 49.0 Å². The van der Waals surface area contributed by atoms with E-state index in [1.807, 2.05) is 23.2 Å². The minimum Gasteiger partial charge on any atom is -0.355 e. The van der Waals surface area contributed by atoms with Crippen LogP contribution in [0.15, 0.2) is 17.3 Å². The number of carbonyl (C=O) groups excluding carboxylic acids is 1. The van der Waals surface area contributed by atoms with Gasteiger partial charge in [0, 0.05) is 25.8 Å². The molecule has 1 aromatic heterocycles. The molecule has 2 saturated heterocycles. The number of nitrogens with zero attached hydrogens (tertiary/aromatic N) is 4. The van der Waals surface area contributed by atoms with E-state index in [-0.39, 0.29) is 17.9 Å². The number of nitrogens with one attached hydrogen (secondary N) is 2. The summed E-state index contributed by atoms with van der Waals surface area (Å²) in [6, 6.07) is 4.04. The van der Waals surface area contributed by atoms with E-state index in [2.05, 4.69) is 27.1 Å². The van der Waals surface area contributed by atoms with Crippen LogP contribution in [0.5, 0.6) is 0 Å². The number of hydrogen-bond acceptors (Lipinski definition) is 5. The van der Waals surface area contributed by atoms with Gasteiger partial charge in [0.05, 0.1) is 16.8 Å². The van der Waals surface area contributed by atoms with Crippen LogP contribution < -0.4 is 16.0 Å². The molecule has 4 rings (SSSR count). The van der Waals surface area contributed by atoms with Gasteiger partial charge >= 0.3 is 0 Å². The van der Waals surface area contributed by atoms with E-state index in [4.69, 9.17) is 5.26 Å². The highest BCUT2D eigenvalue weighted by atomic mass is 16.2. The lowest BCUT2D eigenvalue weighted by Crippen LogP contribution is -2.73. The molecule has 0 aromatic carbocycles. The monoisotopic (exact) mass is 326 g/mol. The van der Waals surface area contributed by atoms with Crippen molar-refractivity contribution in [1.29, 1.82) is 5.26 Å². The number of amides is 1. The van der Waals surface area contributed by atoms with Gasteiger partial charge < -0.3 is 20.1 Å². The second kappa shape index (κ2) is 5.55. The molecule has 2 fully saturated rings. The lowest BCUT2D eigenvalue weighted by Gasteiger charge is -2.61. The number of nitriles is 1. The molecule has 2 N–H and O–H groups in total. The molecule has 0 saturated carbocycles. The molecule has 0 bridgehead atoms. The fourth-order valence-electron chi connectivity index (χ4n) is 4.42. The van der Waals surface area contributed by atoms with Crippen molar-refractivity contribution in [2.45, 2.75) is 31.7 Å². The Labute approximate surface area is 140 Å². The van der Waals surface area contributed by atoms with Crippen molar-refractivity contribution in [3.63, 3.8) is 0 Å². The van der Waals surface area contributed by atoms with Gasteiger partial charge in [-0.05, 0) is 24.8 Å². The van der Waals surface area contributed by atoms with E-state index < -0.39 is 0 Å². The molecule has 4 heterocycles. The normalized spacial score (nSPS) is 28.5. The number of rotatable bonds is 2. The first kappa shape index (κ1) is 15.1. The Kier molecular flexibility index (Phi) is 3.48. The third-order valence-electron chi connectivity index (χ3n) is 5.73. The average Bonchev–Trinajstić information content (AvgIpc) is 3.08. The lowest BCUT2D eigenvalue weighted by molar-refractivity contribution is -0.162. The summed E-state index contributed by atoms with van der Waals surface area (Å²) in [6.45, 7) is 5.34. The molecule has 2 unspecified atom stereocenters. The van der Waals surface area contributed by atoms with E-state index in [1.54, 1.807) is 0 Å². The molecular weight excluding hydrogens is 304 g/mol. The molecule has 24 heavy (non-hydrogen) atoms. The minimum atomic E-state index is -0.133. The molecule has 0 aliphatic carbocycles. The fourth-order valence-corrected chi connectivity index (χ4v) is 4.42. The van der Waals surface area contributed by atoms with Gasteiger partial charge in [0.15, 0.2) is 0 Å². The summed E-state index contributed by atoms with van der Waals surface area (Å²) in [5.41, 5.74) is 0.786. The van der Waals surface area contributed by atoms with Gasteiger partial charge in [0.2, 0.25) is 5.91 Å². The van der Waals surface area contributed by atoms with Gasteiger partial charge in [0.25, 0.3) is 0 Å². The zero-order valence-corrected chi connectivity index (χ0v) is 13.9. The molecule has 7 heteroatoms. The summed E-state index contributed by atoms with van der Waals surface area (Å²) >= 11 is 0. The van der Waals surface area contributed by atoms with Crippen LogP contribution in [-0.2, 0) is 4.79 Å². The van der Waals surface area contributed by atoms with Gasteiger partial charge in [-0.3, -0.25) is 4.79 Å². The van der Waals surface area contributed by atoms with E-state index in [0.29, 0.717) is 12.6 Å². The quantitative estimate of drug-likeness (QED) is 0.766. The first-order chi connectivity index (χ1) is 11.7. The van der Waals surface area contributed by atoms with Crippen molar-refractivity contribution < 1.29 is 4.79 Å². The number of fused-ring (bicyclic) bond motifs is 1. The third-order valence-corrected chi connectivity index (χ3v) is 5.73. The van der Waals surface area contributed by atoms with E-state index >= 15 is 0 Å². The van der Waals surface area contributed by atoms with Crippen molar-refractivity contribution in [2.24, 2.45) is 10.9 Å². The fraction of sp³-hybridized carbons (Fsp3) is 0.588. The lowest BCUT2D eigenvalue weighted by atomic mass is 9.69. The summed E-state index contributed by atoms with van der Waals surface area (Å²) in [5, 5.41) is 13.4. The largest absolute Gasteiger partial charge is 0.355 e. The van der Waals surface area contributed by atoms with Crippen molar-refractivity contribution in [2.75, 3.05) is 26.3 Å². The molecule has 7 nitrogen and oxygen atoms in total. The second-order valence-electron chi connectivity index (χ2n) is 6.95. The highest BCUT2D eigenvalue weighted by molar-refractivity contribution is 5.80. The van der Waals surface area contributed by atoms with E-state index in [9.17, 15) is 4.79 Å². The Bertz CT molecular complexity index is 821. The number of carbonyl (C=O) groups is 1. The summed E-state index contributed by atoms with van der Waals surface area (Å²) in [7, 11) is 0. The van der Waals surface area contributed by atoms with Crippen LogP contribution >= 0.6 is 0 Å². The summed E-state index contributed by atoms with van der Waals surface area (Å²) in [5.74, 6) is 1.53. The maximum Gasteiger partial charge on any atom is 0.237 e. The highest BCUT2D eigenvalue weighted by Crippen LogP contribution is 2.44. The van der Waals surface area contributed by atoms with Crippen molar-refractivity contribution in [3.05, 3.63) is 23.0 Å². The Hall–Kier alpha value is -2.49. The maximum absolute atomic E-state index is 12.3. The number of aromatic amines is 1. The molecule has 1 spiro atoms. The number of hydrogen-bond donors (Lipinski definition) is 2. The first-order valence-corrected chi connectivity index (χ1v) is 8.54. The summed E-state index contributed by atoms with van der Waals surface area (Å²) < 4.78 is 0. The number of aromatic nitrogens is 1. The van der Waals surface area contributed by atoms with Crippen LogP contribution in [0.1, 0.15) is 26.2 Å². The predicted octanol–water partition coefficient (Wildman–Crippen LogP) is -0.513. The van der Waals surface area contributed by atoms with Crippen LogP contribution in [0.25, 0.3) is 5.82 Å². The standard InChI is InChI=1S/C17H22N6O/c1-12-9-23(14(24)3-6-18)17(12)5-2-8-22(10-17)16-13-4-7-19-15(13)20-11-21-16/h4,7,12,21H,2-3,5,8-11H2,1H3,(H,19,20). The van der Waals surface area contributed by atoms with Crippen molar-refractivity contribution in [1.82, 2.24) is 20.1 Å². The SMILES string of the molecule is CC1CN(C(=O)CC#N)C12CCCN(C1=c3cc[nH]c3=NCN1)C2. The van der Waals surface area contributed by atoms with Gasteiger partial charge in [-0.15, -0.1) is 0 Å². The first-order valence-electron chi connectivity index (χ1n) is 8.54. The van der Waals surface area contributed by atoms with Crippen LogP contribution in [0, 0.1) is 17.2 Å². The number of H-pyrrole nitrogens is 1. The van der Waals surface area contributed by atoms with Gasteiger partial charge in [-0.2, -0.15) is 5.26 Å². The molecule has 2 atom stereocenters. The van der Waals surface area contributed by atoms with Gasteiger partial charge in [0.1, 0.15) is 24.4 Å². The molecule has 1 aromatic rings. The van der Waals surface area contributed by atoms with Gasteiger partial charge in [-0.1, -0.05) is 6.92 Å². The van der Waals surface area contributed by atoms with Crippen LogP contribution in [-0.4, -0.2) is 52.5 Å². The maximum atomic E-state index is 12.3. The van der Waals surface area contributed by atoms with Gasteiger partial charge in [-0.25, -0.2) is 4.99 Å². The Balaban J connectivity index is 1.65. The number of likely N-dealkylation sites (tertiary alicyclic amines) is 2. The van der Waals surface area contributed by atoms with E-state index in [1.165, 1.54) is 0 Å². The third kappa shape index (κ3) is 2.09. The molecular formula is C17H22N6O. The average molecular weight is 326 g/mol. The zero-order valence-electron chi connectivity index (χ0n) is 13.9. The molecule has 1 amide bonds. The Morgan fingerprint density at radius 3 is 3.25 bits per heavy atom. The minimum absolute atomic E-state index is 0.0237. The Morgan fingerprint density at radius 2 is 2.46 bits per heavy atom. The zero-order chi connectivity index (χ0) is 16.7. The van der Waals surface area contributed by atoms with Crippen LogP contribution in [0.4, 0.5) is 0 Å². The molecule has 3 aliphatic heterocycles. The van der Waals surface area contributed by atoms with Crippen LogP contribution in [0.3, 0.4) is 0 Å². The summed E-state index contributed by atoms with van der Waals surface area (Å²) in [6.07, 6.45) is 3.95. The van der Waals surface area contributed by atoms with Crippen LogP contribution in [0.2, 0.25) is 0 Å². The number of piperidine rings is 1. The topological polar surface area (TPSA) is 87.5 Å². The summed E-state index contributed by atoms with van der Waals surface area (Å²) in [4.78, 5) is 24.2. The van der Waals surface area contributed by atoms with Crippen molar-refractivity contribution >= 4 is 11.7 Å². The van der Waals surface area contributed by atoms with Crippen molar-refractivity contribution in [3.8, 4) is 6.07 Å². The Morgan fingerprint density at radius 1 is 1.58 bits per heavy atom. The second-order valence-corrected chi connectivity index (χ2v) is 6.95. The highest BCUT2D eigenvalue weighted by Gasteiger charge is 2.54. The molecule has 3 aliphatic rings. The smallest absolute Gasteiger partial charge is 0.237 e.